The second kappa shape index (κ2) is 7.81. The summed E-state index contributed by atoms with van der Waals surface area (Å²) in [6.07, 6.45) is 1.74. The highest BCUT2D eigenvalue weighted by atomic mass is 35.5. The topological polar surface area (TPSA) is 51.2 Å². The normalized spacial score (nSPS) is 11.6. The van der Waals surface area contributed by atoms with Crippen molar-refractivity contribution in [2.75, 3.05) is 12.4 Å². The highest BCUT2D eigenvalue weighted by molar-refractivity contribution is 6.30. The molecule has 0 aliphatic heterocycles. The van der Waals surface area contributed by atoms with Crippen LogP contribution in [0, 0.1) is 0 Å². The third-order valence-corrected chi connectivity index (χ3v) is 4.08. The second-order valence-electron chi connectivity index (χ2n) is 5.46. The molecule has 3 aromatic rings. The van der Waals surface area contributed by atoms with Crippen LogP contribution in [0.5, 0.6) is 0 Å². The van der Waals surface area contributed by atoms with Crippen LogP contribution >= 0.6 is 11.6 Å². The van der Waals surface area contributed by atoms with E-state index in [1.165, 1.54) is 7.11 Å². The first-order valence-corrected chi connectivity index (χ1v) is 8.16. The quantitative estimate of drug-likeness (QED) is 0.675. The second-order valence-corrected chi connectivity index (χ2v) is 5.89. The third-order valence-electron chi connectivity index (χ3n) is 3.83. The Kier molecular flexibility index (Phi) is 5.31. The fraction of sp³-hybridized carbons (Fsp3) is 0.100. The van der Waals surface area contributed by atoms with Gasteiger partial charge in [0.2, 0.25) is 0 Å². The molecule has 0 spiro atoms. The summed E-state index contributed by atoms with van der Waals surface area (Å²) in [6.45, 7) is 0. The first-order chi connectivity index (χ1) is 12.2. The summed E-state index contributed by atoms with van der Waals surface area (Å²) >= 11 is 6.01. The molecule has 5 heteroatoms. The molecule has 126 valence electrons. The van der Waals surface area contributed by atoms with Gasteiger partial charge in [0.05, 0.1) is 18.7 Å². The number of esters is 1. The molecule has 0 amide bonds. The van der Waals surface area contributed by atoms with Crippen molar-refractivity contribution < 1.29 is 9.53 Å². The Morgan fingerprint density at radius 1 is 1.00 bits per heavy atom. The van der Waals surface area contributed by atoms with E-state index in [0.717, 1.165) is 16.9 Å². The molecular weight excluding hydrogens is 336 g/mol. The Balaban J connectivity index is 1.95. The molecule has 0 aliphatic carbocycles. The summed E-state index contributed by atoms with van der Waals surface area (Å²) in [7, 11) is 1.37. The summed E-state index contributed by atoms with van der Waals surface area (Å²) in [5.74, 6) is 0.409. The molecular formula is C20H17ClN2O2. The number of halogens is 1. The molecule has 0 radical (unpaired) electrons. The van der Waals surface area contributed by atoms with Gasteiger partial charge in [0.15, 0.2) is 0 Å². The van der Waals surface area contributed by atoms with E-state index in [1.807, 2.05) is 54.6 Å². The van der Waals surface area contributed by atoms with Crippen molar-refractivity contribution in [2.45, 2.75) is 6.04 Å². The monoisotopic (exact) mass is 352 g/mol. The van der Waals surface area contributed by atoms with Crippen LogP contribution in [0.25, 0.3) is 0 Å². The molecule has 25 heavy (non-hydrogen) atoms. The van der Waals surface area contributed by atoms with Crippen molar-refractivity contribution in [3.05, 3.63) is 94.6 Å². The summed E-state index contributed by atoms with van der Waals surface area (Å²) in [5, 5.41) is 4.11. The van der Waals surface area contributed by atoms with Gasteiger partial charge in [-0.3, -0.25) is 0 Å². The molecule has 1 atom stereocenters. The minimum atomic E-state index is -0.354. The number of hydrogen-bond donors (Lipinski definition) is 1. The average molecular weight is 353 g/mol. The van der Waals surface area contributed by atoms with Gasteiger partial charge in [-0.15, -0.1) is 0 Å². The summed E-state index contributed by atoms with van der Waals surface area (Å²) in [5.41, 5.74) is 2.56. The van der Waals surface area contributed by atoms with E-state index in [1.54, 1.807) is 18.3 Å². The van der Waals surface area contributed by atoms with E-state index in [0.29, 0.717) is 10.6 Å². The Morgan fingerprint density at radius 3 is 2.20 bits per heavy atom. The van der Waals surface area contributed by atoms with Crippen LogP contribution in [-0.4, -0.2) is 18.1 Å². The lowest BCUT2D eigenvalue weighted by atomic mass is 9.97. The van der Waals surface area contributed by atoms with Crippen LogP contribution in [0.3, 0.4) is 0 Å². The molecule has 1 heterocycles. The highest BCUT2D eigenvalue weighted by Crippen LogP contribution is 2.27. The van der Waals surface area contributed by atoms with Crippen molar-refractivity contribution in [3.8, 4) is 0 Å². The molecule has 1 aromatic heterocycles. The van der Waals surface area contributed by atoms with Gasteiger partial charge in [0.1, 0.15) is 5.82 Å². The van der Waals surface area contributed by atoms with Crippen molar-refractivity contribution in [3.63, 3.8) is 0 Å². The maximum Gasteiger partial charge on any atom is 0.337 e. The number of rotatable bonds is 5. The van der Waals surface area contributed by atoms with Crippen LogP contribution in [0.2, 0.25) is 5.02 Å². The summed E-state index contributed by atoms with van der Waals surface area (Å²) in [6, 6.07) is 20.5. The van der Waals surface area contributed by atoms with Crippen LogP contribution in [0.4, 0.5) is 5.82 Å². The zero-order valence-electron chi connectivity index (χ0n) is 13.6. The van der Waals surface area contributed by atoms with Crippen molar-refractivity contribution in [1.29, 1.82) is 0 Å². The maximum absolute atomic E-state index is 11.6. The van der Waals surface area contributed by atoms with Gasteiger partial charge in [-0.2, -0.15) is 0 Å². The first kappa shape index (κ1) is 17.0. The highest BCUT2D eigenvalue weighted by Gasteiger charge is 2.15. The molecule has 0 saturated heterocycles. The number of methoxy groups -OCH3 is 1. The van der Waals surface area contributed by atoms with Gasteiger partial charge in [-0.1, -0.05) is 41.9 Å². The number of pyridine rings is 1. The number of hydrogen-bond acceptors (Lipinski definition) is 4. The van der Waals surface area contributed by atoms with Crippen LogP contribution in [-0.2, 0) is 4.74 Å². The zero-order valence-corrected chi connectivity index (χ0v) is 14.4. The number of ether oxygens (including phenoxy) is 1. The lowest BCUT2D eigenvalue weighted by molar-refractivity contribution is 0.0600. The minimum absolute atomic E-state index is 0.126. The van der Waals surface area contributed by atoms with E-state index in [-0.39, 0.29) is 12.0 Å². The fourth-order valence-electron chi connectivity index (χ4n) is 2.54. The predicted octanol–water partition coefficient (Wildman–Crippen LogP) is 4.72. The Morgan fingerprint density at radius 2 is 1.64 bits per heavy atom. The van der Waals surface area contributed by atoms with Crippen LogP contribution in [0.15, 0.2) is 72.9 Å². The number of aromatic nitrogens is 1. The van der Waals surface area contributed by atoms with E-state index >= 15 is 0 Å². The van der Waals surface area contributed by atoms with Crippen LogP contribution in [0.1, 0.15) is 27.5 Å². The molecule has 0 fully saturated rings. The molecule has 0 bridgehead atoms. The Bertz CT molecular complexity index is 834. The number of carbonyl (C=O) groups is 1. The van der Waals surface area contributed by atoms with Gasteiger partial charge in [0, 0.05) is 11.2 Å². The number of benzene rings is 2. The number of nitrogens with one attached hydrogen (secondary N) is 1. The molecule has 4 nitrogen and oxygen atoms in total. The van der Waals surface area contributed by atoms with Gasteiger partial charge < -0.3 is 10.1 Å². The molecule has 0 saturated carbocycles. The minimum Gasteiger partial charge on any atom is -0.465 e. The molecule has 0 unspecified atom stereocenters. The number of carbonyl (C=O) groups excluding carboxylic acids is 1. The number of nitrogens with zero attached hydrogens (tertiary/aromatic N) is 1. The van der Waals surface area contributed by atoms with Gasteiger partial charge in [-0.05, 0) is 47.5 Å². The van der Waals surface area contributed by atoms with Crippen molar-refractivity contribution >= 4 is 23.4 Å². The molecule has 3 rings (SSSR count). The SMILES string of the molecule is COC(=O)c1ccc([C@@H](Nc2ccccn2)c2ccc(Cl)cc2)cc1. The van der Waals surface area contributed by atoms with Gasteiger partial charge in [-0.25, -0.2) is 9.78 Å². The van der Waals surface area contributed by atoms with Gasteiger partial charge in [0.25, 0.3) is 0 Å². The Hall–Kier alpha value is -2.85. The third kappa shape index (κ3) is 4.17. The molecule has 1 N–H and O–H groups in total. The zero-order chi connectivity index (χ0) is 17.6. The standard InChI is InChI=1S/C20H17ClN2O2/c1-25-20(24)16-7-5-14(6-8-16)19(15-9-11-17(21)12-10-15)23-18-4-2-3-13-22-18/h2-13,19H,1H3,(H,22,23)/t19-/m1/s1. The lowest BCUT2D eigenvalue weighted by Crippen LogP contribution is -2.13. The van der Waals surface area contributed by atoms with E-state index in [9.17, 15) is 4.79 Å². The molecule has 0 aliphatic rings. The van der Waals surface area contributed by atoms with Gasteiger partial charge >= 0.3 is 5.97 Å². The van der Waals surface area contributed by atoms with Crippen molar-refractivity contribution in [2.24, 2.45) is 0 Å². The Labute approximate surface area is 151 Å². The van der Waals surface area contributed by atoms with E-state index in [2.05, 4.69) is 10.3 Å². The van der Waals surface area contributed by atoms with E-state index < -0.39 is 0 Å². The lowest BCUT2D eigenvalue weighted by Gasteiger charge is -2.21. The number of anilines is 1. The average Bonchev–Trinajstić information content (AvgIpc) is 2.67. The predicted molar refractivity (Wildman–Crippen MR) is 98.9 cm³/mol. The maximum atomic E-state index is 11.6. The fourth-order valence-corrected chi connectivity index (χ4v) is 2.67. The summed E-state index contributed by atoms with van der Waals surface area (Å²) in [4.78, 5) is 16.0. The van der Waals surface area contributed by atoms with E-state index in [4.69, 9.17) is 16.3 Å². The first-order valence-electron chi connectivity index (χ1n) is 7.78. The largest absolute Gasteiger partial charge is 0.465 e. The van der Waals surface area contributed by atoms with Crippen molar-refractivity contribution in [1.82, 2.24) is 4.98 Å². The smallest absolute Gasteiger partial charge is 0.337 e. The summed E-state index contributed by atoms with van der Waals surface area (Å²) < 4.78 is 4.75. The van der Waals surface area contributed by atoms with Crippen LogP contribution < -0.4 is 5.32 Å². The molecule has 2 aromatic carbocycles.